The number of amides is 1. The third kappa shape index (κ3) is 5.00. The Morgan fingerprint density at radius 1 is 1.16 bits per heavy atom. The SMILES string of the molecule is Cc1ccc(-c2nnc(SCC(=O)N(C)[C@@H]3CCS(=O)(=O)C3)n2-c2ccc(Cl)cc2)cc1. The lowest BCUT2D eigenvalue weighted by molar-refractivity contribution is -0.128. The van der Waals surface area contributed by atoms with E-state index < -0.39 is 9.84 Å². The number of carbonyl (C=O) groups is 1. The molecule has 1 atom stereocenters. The first-order chi connectivity index (χ1) is 15.2. The van der Waals surface area contributed by atoms with E-state index in [0.29, 0.717) is 22.4 Å². The van der Waals surface area contributed by atoms with Crippen LogP contribution in [0.4, 0.5) is 0 Å². The van der Waals surface area contributed by atoms with Crippen molar-refractivity contribution in [3.05, 3.63) is 59.1 Å². The van der Waals surface area contributed by atoms with Crippen LogP contribution in [0.5, 0.6) is 0 Å². The molecule has 0 saturated carbocycles. The Bertz CT molecular complexity index is 1230. The Hall–Kier alpha value is -2.36. The van der Waals surface area contributed by atoms with Gasteiger partial charge in [-0.1, -0.05) is 53.2 Å². The summed E-state index contributed by atoms with van der Waals surface area (Å²) >= 11 is 7.34. The van der Waals surface area contributed by atoms with Crippen LogP contribution in [0.1, 0.15) is 12.0 Å². The van der Waals surface area contributed by atoms with Gasteiger partial charge < -0.3 is 4.90 Å². The van der Waals surface area contributed by atoms with Gasteiger partial charge in [-0.15, -0.1) is 10.2 Å². The maximum absolute atomic E-state index is 12.8. The summed E-state index contributed by atoms with van der Waals surface area (Å²) in [5.74, 6) is 0.815. The first-order valence-corrected chi connectivity index (χ1v) is 13.3. The number of hydrogen-bond donors (Lipinski definition) is 0. The van der Waals surface area contributed by atoms with Crippen molar-refractivity contribution in [2.24, 2.45) is 0 Å². The van der Waals surface area contributed by atoms with Gasteiger partial charge in [-0.3, -0.25) is 9.36 Å². The van der Waals surface area contributed by atoms with E-state index in [9.17, 15) is 13.2 Å². The zero-order valence-electron chi connectivity index (χ0n) is 17.7. The fourth-order valence-electron chi connectivity index (χ4n) is 3.59. The molecule has 1 aliphatic heterocycles. The minimum Gasteiger partial charge on any atom is -0.341 e. The van der Waals surface area contributed by atoms with E-state index in [1.165, 1.54) is 11.8 Å². The third-order valence-corrected chi connectivity index (χ3v) is 8.42. The fourth-order valence-corrected chi connectivity index (χ4v) is 6.36. The second-order valence-corrected chi connectivity index (χ2v) is 11.4. The molecule has 7 nitrogen and oxygen atoms in total. The van der Waals surface area contributed by atoms with Gasteiger partial charge in [0.15, 0.2) is 20.8 Å². The minimum absolute atomic E-state index is 0.0262. The minimum atomic E-state index is -3.06. The highest BCUT2D eigenvalue weighted by Gasteiger charge is 2.32. The first kappa shape index (κ1) is 22.8. The molecule has 168 valence electrons. The van der Waals surface area contributed by atoms with Gasteiger partial charge in [-0.2, -0.15) is 0 Å². The van der Waals surface area contributed by atoms with Gasteiger partial charge in [0, 0.05) is 29.4 Å². The Balaban J connectivity index is 1.59. The van der Waals surface area contributed by atoms with Crippen LogP contribution < -0.4 is 0 Å². The molecule has 2 aromatic carbocycles. The molecule has 1 aliphatic rings. The monoisotopic (exact) mass is 490 g/mol. The van der Waals surface area contributed by atoms with Gasteiger partial charge in [0.25, 0.3) is 0 Å². The number of aryl methyl sites for hydroxylation is 1. The van der Waals surface area contributed by atoms with Crippen molar-refractivity contribution in [1.29, 1.82) is 0 Å². The van der Waals surface area contributed by atoms with Crippen molar-refractivity contribution in [2.75, 3.05) is 24.3 Å². The third-order valence-electron chi connectivity index (χ3n) is 5.50. The van der Waals surface area contributed by atoms with Crippen LogP contribution in [0.25, 0.3) is 17.1 Å². The molecule has 0 unspecified atom stereocenters. The maximum Gasteiger partial charge on any atom is 0.233 e. The van der Waals surface area contributed by atoms with Crippen LogP contribution >= 0.6 is 23.4 Å². The zero-order valence-corrected chi connectivity index (χ0v) is 20.1. The van der Waals surface area contributed by atoms with Crippen molar-refractivity contribution in [3.8, 4) is 17.1 Å². The molecule has 1 fully saturated rings. The van der Waals surface area contributed by atoms with Gasteiger partial charge in [-0.25, -0.2) is 8.42 Å². The van der Waals surface area contributed by atoms with E-state index in [1.54, 1.807) is 24.1 Å². The second-order valence-electron chi connectivity index (χ2n) is 7.83. The van der Waals surface area contributed by atoms with E-state index in [4.69, 9.17) is 11.6 Å². The van der Waals surface area contributed by atoms with Crippen LogP contribution in [0.3, 0.4) is 0 Å². The molecule has 2 heterocycles. The topological polar surface area (TPSA) is 85.2 Å². The highest BCUT2D eigenvalue weighted by molar-refractivity contribution is 7.99. The Kier molecular flexibility index (Phi) is 6.60. The van der Waals surface area contributed by atoms with Crippen LogP contribution in [-0.2, 0) is 14.6 Å². The van der Waals surface area contributed by atoms with Gasteiger partial charge in [-0.05, 0) is 37.6 Å². The zero-order chi connectivity index (χ0) is 22.9. The number of thioether (sulfide) groups is 1. The summed E-state index contributed by atoms with van der Waals surface area (Å²) in [5.41, 5.74) is 2.88. The van der Waals surface area contributed by atoms with E-state index in [1.807, 2.05) is 47.9 Å². The number of carbonyl (C=O) groups excluding carboxylic acids is 1. The number of rotatable bonds is 6. The van der Waals surface area contributed by atoms with Crippen LogP contribution in [0.15, 0.2) is 53.7 Å². The number of halogens is 1. The molecule has 3 aromatic rings. The van der Waals surface area contributed by atoms with E-state index >= 15 is 0 Å². The van der Waals surface area contributed by atoms with Gasteiger partial charge in [0.1, 0.15) is 0 Å². The Morgan fingerprint density at radius 3 is 2.47 bits per heavy atom. The lowest BCUT2D eigenvalue weighted by Gasteiger charge is -2.23. The average Bonchev–Trinajstić information content (AvgIpc) is 3.35. The number of aromatic nitrogens is 3. The van der Waals surface area contributed by atoms with Crippen molar-refractivity contribution >= 4 is 39.1 Å². The molecule has 1 amide bonds. The molecule has 0 bridgehead atoms. The lowest BCUT2D eigenvalue weighted by Crippen LogP contribution is -2.38. The molecule has 0 spiro atoms. The molecule has 0 aliphatic carbocycles. The summed E-state index contributed by atoms with van der Waals surface area (Å²) in [6, 6.07) is 15.1. The van der Waals surface area contributed by atoms with Crippen LogP contribution in [0.2, 0.25) is 5.02 Å². The lowest BCUT2D eigenvalue weighted by atomic mass is 10.1. The molecular weight excluding hydrogens is 468 g/mol. The molecular formula is C22H23ClN4O3S2. The maximum atomic E-state index is 12.8. The van der Waals surface area contributed by atoms with Crippen molar-refractivity contribution in [3.63, 3.8) is 0 Å². The summed E-state index contributed by atoms with van der Waals surface area (Å²) in [6.45, 7) is 2.02. The summed E-state index contributed by atoms with van der Waals surface area (Å²) < 4.78 is 25.4. The fraction of sp³-hybridized carbons (Fsp3) is 0.318. The van der Waals surface area contributed by atoms with Gasteiger partial charge in [0.2, 0.25) is 5.91 Å². The Labute approximate surface area is 196 Å². The highest BCUT2D eigenvalue weighted by Crippen LogP contribution is 2.29. The van der Waals surface area contributed by atoms with E-state index in [-0.39, 0.29) is 29.2 Å². The summed E-state index contributed by atoms with van der Waals surface area (Å²) in [7, 11) is -1.39. The summed E-state index contributed by atoms with van der Waals surface area (Å²) in [5, 5.41) is 9.93. The first-order valence-electron chi connectivity index (χ1n) is 10.1. The predicted molar refractivity (Wildman–Crippen MR) is 127 cm³/mol. The number of benzene rings is 2. The number of nitrogens with zero attached hydrogens (tertiary/aromatic N) is 4. The molecule has 1 aromatic heterocycles. The highest BCUT2D eigenvalue weighted by atomic mass is 35.5. The van der Waals surface area contributed by atoms with E-state index in [0.717, 1.165) is 16.8 Å². The predicted octanol–water partition coefficient (Wildman–Crippen LogP) is 3.63. The van der Waals surface area contributed by atoms with Crippen LogP contribution in [0, 0.1) is 6.92 Å². The largest absolute Gasteiger partial charge is 0.341 e. The standard InChI is InChI=1S/C22H23ClN4O3S2/c1-15-3-5-16(6-4-15)21-24-25-22(27(21)18-9-7-17(23)8-10-18)31-13-20(28)26(2)19-11-12-32(29,30)14-19/h3-10,19H,11-14H2,1-2H3/t19-/m1/s1. The number of hydrogen-bond acceptors (Lipinski definition) is 6. The van der Waals surface area contributed by atoms with E-state index in [2.05, 4.69) is 10.2 Å². The quantitative estimate of drug-likeness (QED) is 0.490. The smallest absolute Gasteiger partial charge is 0.233 e. The normalized spacial score (nSPS) is 17.4. The molecule has 32 heavy (non-hydrogen) atoms. The molecule has 4 rings (SSSR count). The summed E-state index contributed by atoms with van der Waals surface area (Å²) in [4.78, 5) is 14.3. The van der Waals surface area contributed by atoms with Gasteiger partial charge >= 0.3 is 0 Å². The van der Waals surface area contributed by atoms with Crippen molar-refractivity contribution < 1.29 is 13.2 Å². The Morgan fingerprint density at radius 2 is 1.84 bits per heavy atom. The molecule has 0 N–H and O–H groups in total. The number of sulfone groups is 1. The molecule has 1 saturated heterocycles. The summed E-state index contributed by atoms with van der Waals surface area (Å²) in [6.07, 6.45) is 0.480. The van der Waals surface area contributed by atoms with Crippen molar-refractivity contribution in [1.82, 2.24) is 19.7 Å². The van der Waals surface area contributed by atoms with Gasteiger partial charge in [0.05, 0.1) is 17.3 Å². The molecule has 10 heteroatoms. The average molecular weight is 491 g/mol. The van der Waals surface area contributed by atoms with Crippen LogP contribution in [-0.4, -0.2) is 64.3 Å². The second kappa shape index (κ2) is 9.25. The molecule has 0 radical (unpaired) electrons. The van der Waals surface area contributed by atoms with Crippen molar-refractivity contribution in [2.45, 2.75) is 24.5 Å².